The Labute approximate surface area is 120 Å². The predicted octanol–water partition coefficient (Wildman–Crippen LogP) is 1.70. The molecule has 1 aliphatic rings. The van der Waals surface area contributed by atoms with Gasteiger partial charge < -0.3 is 20.1 Å². The molecule has 0 aromatic heterocycles. The topological polar surface area (TPSA) is 78.9 Å². The Bertz CT molecular complexity index is 333. The predicted molar refractivity (Wildman–Crippen MR) is 75.6 cm³/mol. The zero-order valence-corrected chi connectivity index (χ0v) is 12.6. The Morgan fingerprint density at radius 3 is 2.65 bits per heavy atom. The van der Waals surface area contributed by atoms with Crippen molar-refractivity contribution in [3.63, 3.8) is 0 Å². The molecular weight excluding hydrogens is 260 g/mol. The fourth-order valence-electron chi connectivity index (χ4n) is 2.18. The van der Waals surface area contributed by atoms with Gasteiger partial charge in [0.1, 0.15) is 0 Å². The Balaban J connectivity index is 2.36. The number of rotatable bonds is 6. The van der Waals surface area contributed by atoms with Crippen molar-refractivity contribution in [3.05, 3.63) is 0 Å². The summed E-state index contributed by atoms with van der Waals surface area (Å²) in [4.78, 5) is 24.4. The maximum absolute atomic E-state index is 12.1. The SMILES string of the molecule is CC(C)CCC(C)NC(=O)N1CCOC(CC(=O)O)C1. The van der Waals surface area contributed by atoms with Gasteiger partial charge in [-0.25, -0.2) is 4.79 Å². The standard InChI is InChI=1S/C14H26N2O4/c1-10(2)4-5-11(3)15-14(19)16-6-7-20-12(9-16)8-13(17)18/h10-12H,4-9H2,1-3H3,(H,15,19)(H,17,18). The average molecular weight is 286 g/mol. The number of nitrogens with zero attached hydrogens (tertiary/aromatic N) is 1. The first-order chi connectivity index (χ1) is 9.38. The van der Waals surface area contributed by atoms with Crippen LogP contribution in [-0.4, -0.2) is 53.8 Å². The second-order valence-corrected chi connectivity index (χ2v) is 5.86. The minimum absolute atomic E-state index is 0.0628. The van der Waals surface area contributed by atoms with E-state index in [-0.39, 0.29) is 18.5 Å². The molecule has 1 fully saturated rings. The van der Waals surface area contributed by atoms with Gasteiger partial charge in [-0.15, -0.1) is 0 Å². The molecule has 6 nitrogen and oxygen atoms in total. The van der Waals surface area contributed by atoms with E-state index in [0.29, 0.717) is 25.6 Å². The van der Waals surface area contributed by atoms with Crippen molar-refractivity contribution in [2.45, 2.75) is 52.2 Å². The van der Waals surface area contributed by atoms with Crippen LogP contribution in [0.3, 0.4) is 0 Å². The van der Waals surface area contributed by atoms with Crippen molar-refractivity contribution >= 4 is 12.0 Å². The van der Waals surface area contributed by atoms with Crippen LogP contribution in [0.1, 0.15) is 40.0 Å². The van der Waals surface area contributed by atoms with E-state index < -0.39 is 12.1 Å². The number of nitrogens with one attached hydrogen (secondary N) is 1. The van der Waals surface area contributed by atoms with Gasteiger partial charge in [0.15, 0.2) is 0 Å². The number of ether oxygens (including phenoxy) is 1. The summed E-state index contributed by atoms with van der Waals surface area (Å²) in [7, 11) is 0. The van der Waals surface area contributed by atoms with E-state index in [9.17, 15) is 9.59 Å². The largest absolute Gasteiger partial charge is 0.481 e. The van der Waals surface area contributed by atoms with E-state index in [0.717, 1.165) is 12.8 Å². The van der Waals surface area contributed by atoms with E-state index >= 15 is 0 Å². The molecule has 0 aromatic rings. The molecule has 0 aliphatic carbocycles. The fourth-order valence-corrected chi connectivity index (χ4v) is 2.18. The van der Waals surface area contributed by atoms with E-state index in [1.54, 1.807) is 4.90 Å². The van der Waals surface area contributed by atoms with Crippen LogP contribution in [0.25, 0.3) is 0 Å². The summed E-state index contributed by atoms with van der Waals surface area (Å²) >= 11 is 0. The van der Waals surface area contributed by atoms with Gasteiger partial charge in [-0.1, -0.05) is 13.8 Å². The second-order valence-electron chi connectivity index (χ2n) is 5.86. The summed E-state index contributed by atoms with van der Waals surface area (Å²) in [5, 5.41) is 11.7. The third kappa shape index (κ3) is 6.23. The molecule has 1 rings (SSSR count). The van der Waals surface area contributed by atoms with Crippen molar-refractivity contribution in [1.29, 1.82) is 0 Å². The lowest BCUT2D eigenvalue weighted by molar-refractivity contribution is -0.141. The van der Waals surface area contributed by atoms with Gasteiger partial charge in [0.05, 0.1) is 19.1 Å². The van der Waals surface area contributed by atoms with E-state index in [2.05, 4.69) is 19.2 Å². The van der Waals surface area contributed by atoms with Gasteiger partial charge in [0.2, 0.25) is 0 Å². The van der Waals surface area contributed by atoms with Crippen LogP contribution in [0.2, 0.25) is 0 Å². The highest BCUT2D eigenvalue weighted by atomic mass is 16.5. The number of urea groups is 1. The van der Waals surface area contributed by atoms with Crippen molar-refractivity contribution in [3.8, 4) is 0 Å². The lowest BCUT2D eigenvalue weighted by Crippen LogP contribution is -2.51. The number of amides is 2. The first-order valence-electron chi connectivity index (χ1n) is 7.27. The Morgan fingerprint density at radius 1 is 1.35 bits per heavy atom. The zero-order valence-electron chi connectivity index (χ0n) is 12.6. The van der Waals surface area contributed by atoms with E-state index in [1.807, 2.05) is 6.92 Å². The zero-order chi connectivity index (χ0) is 15.1. The number of morpholine rings is 1. The minimum atomic E-state index is -0.900. The molecule has 2 atom stereocenters. The molecule has 0 saturated carbocycles. The van der Waals surface area contributed by atoms with Crippen molar-refractivity contribution in [1.82, 2.24) is 10.2 Å². The summed E-state index contributed by atoms with van der Waals surface area (Å²) in [5.74, 6) is -0.278. The van der Waals surface area contributed by atoms with Crippen LogP contribution < -0.4 is 5.32 Å². The molecule has 2 amide bonds. The molecule has 6 heteroatoms. The Morgan fingerprint density at radius 2 is 2.05 bits per heavy atom. The summed E-state index contributed by atoms with van der Waals surface area (Å²) in [6.07, 6.45) is 1.56. The average Bonchev–Trinajstić information content (AvgIpc) is 2.36. The molecule has 1 heterocycles. The molecule has 20 heavy (non-hydrogen) atoms. The van der Waals surface area contributed by atoms with Gasteiger partial charge >= 0.3 is 12.0 Å². The van der Waals surface area contributed by atoms with Gasteiger partial charge in [-0.05, 0) is 25.7 Å². The maximum atomic E-state index is 12.1. The van der Waals surface area contributed by atoms with Gasteiger partial charge in [-0.3, -0.25) is 4.79 Å². The fraction of sp³-hybridized carbons (Fsp3) is 0.857. The van der Waals surface area contributed by atoms with E-state index in [4.69, 9.17) is 9.84 Å². The molecule has 0 radical (unpaired) electrons. The summed E-state index contributed by atoms with van der Waals surface area (Å²) in [6.45, 7) is 7.56. The number of aliphatic carboxylic acids is 1. The smallest absolute Gasteiger partial charge is 0.317 e. The summed E-state index contributed by atoms with van der Waals surface area (Å²) in [6, 6.07) is 0.00520. The third-order valence-electron chi connectivity index (χ3n) is 3.38. The molecule has 2 N–H and O–H groups in total. The summed E-state index contributed by atoms with van der Waals surface area (Å²) in [5.41, 5.74) is 0. The molecular formula is C14H26N2O4. The van der Waals surface area contributed by atoms with Crippen LogP contribution in [0.5, 0.6) is 0 Å². The lowest BCUT2D eigenvalue weighted by atomic mass is 10.0. The highest BCUT2D eigenvalue weighted by Gasteiger charge is 2.26. The second kappa shape index (κ2) is 8.09. The van der Waals surface area contributed by atoms with Crippen LogP contribution in [0, 0.1) is 5.92 Å². The molecule has 0 aromatic carbocycles. The van der Waals surface area contributed by atoms with Crippen molar-refractivity contribution in [2.24, 2.45) is 5.92 Å². The minimum Gasteiger partial charge on any atom is -0.481 e. The monoisotopic (exact) mass is 286 g/mol. The van der Waals surface area contributed by atoms with Crippen molar-refractivity contribution < 1.29 is 19.4 Å². The highest BCUT2D eigenvalue weighted by Crippen LogP contribution is 2.10. The molecule has 1 aliphatic heterocycles. The molecule has 2 unspecified atom stereocenters. The van der Waals surface area contributed by atoms with Crippen LogP contribution in [-0.2, 0) is 9.53 Å². The first kappa shape index (κ1) is 16.8. The number of carbonyl (C=O) groups excluding carboxylic acids is 1. The Kier molecular flexibility index (Phi) is 6.78. The van der Waals surface area contributed by atoms with Crippen LogP contribution in [0.4, 0.5) is 4.79 Å². The van der Waals surface area contributed by atoms with Crippen LogP contribution >= 0.6 is 0 Å². The van der Waals surface area contributed by atoms with Gasteiger partial charge in [-0.2, -0.15) is 0 Å². The first-order valence-corrected chi connectivity index (χ1v) is 7.27. The van der Waals surface area contributed by atoms with Crippen molar-refractivity contribution in [2.75, 3.05) is 19.7 Å². The molecule has 0 bridgehead atoms. The van der Waals surface area contributed by atoms with E-state index in [1.165, 1.54) is 0 Å². The van der Waals surface area contributed by atoms with Gasteiger partial charge in [0, 0.05) is 19.1 Å². The molecule has 0 spiro atoms. The number of carboxylic acid groups (broad SMARTS) is 1. The number of hydrogen-bond acceptors (Lipinski definition) is 3. The molecule has 1 saturated heterocycles. The quantitative estimate of drug-likeness (QED) is 0.779. The number of carboxylic acids is 1. The molecule has 116 valence electrons. The highest BCUT2D eigenvalue weighted by molar-refractivity contribution is 5.75. The number of hydrogen-bond donors (Lipinski definition) is 2. The summed E-state index contributed by atoms with van der Waals surface area (Å²) < 4.78 is 5.35. The Hall–Kier alpha value is -1.30. The lowest BCUT2D eigenvalue weighted by Gasteiger charge is -2.33. The van der Waals surface area contributed by atoms with Gasteiger partial charge in [0.25, 0.3) is 0 Å². The normalized spacial score (nSPS) is 20.8. The number of carbonyl (C=O) groups is 2. The van der Waals surface area contributed by atoms with Crippen LogP contribution in [0.15, 0.2) is 0 Å². The maximum Gasteiger partial charge on any atom is 0.317 e. The third-order valence-corrected chi connectivity index (χ3v) is 3.38.